The highest BCUT2D eigenvalue weighted by Crippen LogP contribution is 2.41. The van der Waals surface area contributed by atoms with E-state index in [9.17, 15) is 13.2 Å². The summed E-state index contributed by atoms with van der Waals surface area (Å²) in [5.74, 6) is 1.86. The van der Waals surface area contributed by atoms with Gasteiger partial charge in [-0.05, 0) is 43.9 Å². The van der Waals surface area contributed by atoms with Crippen molar-refractivity contribution in [3.05, 3.63) is 41.0 Å². The highest BCUT2D eigenvalue weighted by atomic mass is 19.4. The van der Waals surface area contributed by atoms with Crippen molar-refractivity contribution in [3.63, 3.8) is 0 Å². The Balaban J connectivity index is 1.50. The monoisotopic (exact) mass is 362 g/mol. The SMILES string of the molecule is N#Cc1ccc(N2CCC(c3noc(C4CC4)n3)CC2)c(C(F)(F)F)c1. The van der Waals surface area contributed by atoms with E-state index < -0.39 is 11.7 Å². The molecule has 5 nitrogen and oxygen atoms in total. The van der Waals surface area contributed by atoms with E-state index in [0.29, 0.717) is 43.6 Å². The Bertz CT molecular complexity index is 843. The molecule has 2 heterocycles. The molecule has 1 saturated heterocycles. The number of benzene rings is 1. The van der Waals surface area contributed by atoms with Crippen molar-refractivity contribution < 1.29 is 17.7 Å². The fourth-order valence-electron chi connectivity index (χ4n) is 3.40. The van der Waals surface area contributed by atoms with E-state index in [-0.39, 0.29) is 17.2 Å². The van der Waals surface area contributed by atoms with Crippen molar-refractivity contribution >= 4 is 5.69 Å². The highest BCUT2D eigenvalue weighted by Gasteiger charge is 2.37. The van der Waals surface area contributed by atoms with E-state index in [1.165, 1.54) is 12.1 Å². The lowest BCUT2D eigenvalue weighted by Crippen LogP contribution is -2.34. The van der Waals surface area contributed by atoms with Crippen molar-refractivity contribution in [2.75, 3.05) is 18.0 Å². The van der Waals surface area contributed by atoms with Gasteiger partial charge in [-0.3, -0.25) is 0 Å². The standard InChI is InChI=1S/C18H17F3N4O/c19-18(20,21)14-9-11(10-22)1-4-15(14)25-7-5-12(6-8-25)16-23-17(26-24-16)13-2-3-13/h1,4,9,12-13H,2-3,5-8H2. The van der Waals surface area contributed by atoms with E-state index in [1.807, 2.05) is 0 Å². The number of hydrogen-bond acceptors (Lipinski definition) is 5. The normalized spacial score (nSPS) is 18.8. The summed E-state index contributed by atoms with van der Waals surface area (Å²) in [6, 6.07) is 5.51. The predicted molar refractivity (Wildman–Crippen MR) is 86.6 cm³/mol. The lowest BCUT2D eigenvalue weighted by molar-refractivity contribution is -0.137. The van der Waals surface area contributed by atoms with Gasteiger partial charge in [-0.2, -0.15) is 23.4 Å². The minimum absolute atomic E-state index is 0.00960. The summed E-state index contributed by atoms with van der Waals surface area (Å²) < 4.78 is 45.4. The molecule has 1 saturated carbocycles. The summed E-state index contributed by atoms with van der Waals surface area (Å²) in [6.07, 6.45) is -0.994. The summed E-state index contributed by atoms with van der Waals surface area (Å²) in [5, 5.41) is 12.9. The van der Waals surface area contributed by atoms with Crippen molar-refractivity contribution in [2.24, 2.45) is 0 Å². The molecular weight excluding hydrogens is 345 g/mol. The van der Waals surface area contributed by atoms with Gasteiger partial charge in [0.2, 0.25) is 5.89 Å². The van der Waals surface area contributed by atoms with Gasteiger partial charge in [0, 0.05) is 30.6 Å². The average Bonchev–Trinajstić information content (AvgIpc) is 3.37. The van der Waals surface area contributed by atoms with E-state index in [0.717, 1.165) is 18.9 Å². The minimum atomic E-state index is -4.49. The van der Waals surface area contributed by atoms with E-state index in [2.05, 4.69) is 10.1 Å². The fraction of sp³-hybridized carbons (Fsp3) is 0.500. The van der Waals surface area contributed by atoms with E-state index in [1.54, 1.807) is 11.0 Å². The molecule has 26 heavy (non-hydrogen) atoms. The summed E-state index contributed by atoms with van der Waals surface area (Å²) >= 11 is 0. The Hall–Kier alpha value is -2.56. The largest absolute Gasteiger partial charge is 0.418 e. The lowest BCUT2D eigenvalue weighted by atomic mass is 9.95. The number of hydrogen-bond donors (Lipinski definition) is 0. The van der Waals surface area contributed by atoms with Gasteiger partial charge in [0.05, 0.1) is 17.2 Å². The highest BCUT2D eigenvalue weighted by molar-refractivity contribution is 5.58. The average molecular weight is 362 g/mol. The molecule has 2 fully saturated rings. The third kappa shape index (κ3) is 3.26. The van der Waals surface area contributed by atoms with Crippen LogP contribution in [-0.2, 0) is 6.18 Å². The molecule has 2 aliphatic rings. The number of rotatable bonds is 3. The molecule has 4 rings (SSSR count). The first-order chi connectivity index (χ1) is 12.5. The van der Waals surface area contributed by atoms with Gasteiger partial charge in [-0.1, -0.05) is 5.16 Å². The van der Waals surface area contributed by atoms with Crippen LogP contribution in [0.4, 0.5) is 18.9 Å². The van der Waals surface area contributed by atoms with Gasteiger partial charge in [-0.15, -0.1) is 0 Å². The van der Waals surface area contributed by atoms with Crippen LogP contribution in [0.1, 0.15) is 60.4 Å². The molecule has 2 aromatic rings. The Morgan fingerprint density at radius 2 is 1.85 bits per heavy atom. The number of anilines is 1. The zero-order chi connectivity index (χ0) is 18.3. The van der Waals surface area contributed by atoms with Gasteiger partial charge < -0.3 is 9.42 Å². The molecule has 0 radical (unpaired) electrons. The van der Waals surface area contributed by atoms with Crippen LogP contribution >= 0.6 is 0 Å². The molecule has 0 bridgehead atoms. The van der Waals surface area contributed by atoms with E-state index >= 15 is 0 Å². The molecule has 0 amide bonds. The molecule has 0 atom stereocenters. The number of piperidine rings is 1. The Morgan fingerprint density at radius 1 is 1.12 bits per heavy atom. The van der Waals surface area contributed by atoms with Crippen molar-refractivity contribution in [3.8, 4) is 6.07 Å². The van der Waals surface area contributed by atoms with Gasteiger partial charge >= 0.3 is 6.18 Å². The van der Waals surface area contributed by atoms with Crippen LogP contribution in [0.25, 0.3) is 0 Å². The Kier molecular flexibility index (Phi) is 4.10. The third-order valence-corrected chi connectivity index (χ3v) is 5.02. The van der Waals surface area contributed by atoms with E-state index in [4.69, 9.17) is 9.78 Å². The van der Waals surface area contributed by atoms with Crippen molar-refractivity contribution in [2.45, 2.75) is 43.7 Å². The van der Waals surface area contributed by atoms with Crippen LogP contribution in [0.5, 0.6) is 0 Å². The number of halogens is 3. The first-order valence-electron chi connectivity index (χ1n) is 8.65. The van der Waals surface area contributed by atoms with Crippen LogP contribution in [0, 0.1) is 11.3 Å². The first kappa shape index (κ1) is 16.9. The lowest BCUT2D eigenvalue weighted by Gasteiger charge is -2.34. The number of nitrogens with zero attached hydrogens (tertiary/aromatic N) is 4. The molecule has 1 aromatic heterocycles. The first-order valence-corrected chi connectivity index (χ1v) is 8.65. The number of nitriles is 1. The molecule has 0 unspecified atom stereocenters. The molecule has 0 spiro atoms. The zero-order valence-electron chi connectivity index (χ0n) is 14.0. The van der Waals surface area contributed by atoms with Gasteiger partial charge in [0.15, 0.2) is 5.82 Å². The fourth-order valence-corrected chi connectivity index (χ4v) is 3.40. The number of alkyl halides is 3. The predicted octanol–water partition coefficient (Wildman–Crippen LogP) is 4.22. The molecule has 8 heteroatoms. The Labute approximate surface area is 148 Å². The maximum atomic E-state index is 13.4. The molecule has 0 N–H and O–H groups in total. The minimum Gasteiger partial charge on any atom is -0.371 e. The maximum absolute atomic E-state index is 13.4. The van der Waals surface area contributed by atoms with Gasteiger partial charge in [0.1, 0.15) is 0 Å². The van der Waals surface area contributed by atoms with Crippen molar-refractivity contribution in [1.29, 1.82) is 5.26 Å². The van der Waals surface area contributed by atoms with Crippen molar-refractivity contribution in [1.82, 2.24) is 10.1 Å². The second-order valence-corrected chi connectivity index (χ2v) is 6.87. The number of aromatic nitrogens is 2. The van der Waals surface area contributed by atoms with Crippen LogP contribution < -0.4 is 4.90 Å². The molecule has 1 aliphatic heterocycles. The maximum Gasteiger partial charge on any atom is 0.418 e. The van der Waals surface area contributed by atoms with Crippen LogP contribution in [-0.4, -0.2) is 23.2 Å². The molecule has 1 aliphatic carbocycles. The van der Waals surface area contributed by atoms with Crippen LogP contribution in [0.2, 0.25) is 0 Å². The van der Waals surface area contributed by atoms with Gasteiger partial charge in [0.25, 0.3) is 0 Å². The van der Waals surface area contributed by atoms with Crippen LogP contribution in [0.3, 0.4) is 0 Å². The summed E-state index contributed by atoms with van der Waals surface area (Å²) in [7, 11) is 0. The summed E-state index contributed by atoms with van der Waals surface area (Å²) in [6.45, 7) is 0.958. The van der Waals surface area contributed by atoms with Gasteiger partial charge in [-0.25, -0.2) is 0 Å². The molecular formula is C18H17F3N4O. The summed E-state index contributed by atoms with van der Waals surface area (Å²) in [5.41, 5.74) is -0.623. The molecule has 136 valence electrons. The summed E-state index contributed by atoms with van der Waals surface area (Å²) in [4.78, 5) is 6.19. The topological polar surface area (TPSA) is 66.0 Å². The molecule has 1 aromatic carbocycles. The zero-order valence-corrected chi connectivity index (χ0v) is 14.0. The second kappa shape index (κ2) is 6.31. The quantitative estimate of drug-likeness (QED) is 0.818. The second-order valence-electron chi connectivity index (χ2n) is 6.87. The Morgan fingerprint density at radius 3 is 2.46 bits per heavy atom. The third-order valence-electron chi connectivity index (χ3n) is 5.02. The smallest absolute Gasteiger partial charge is 0.371 e. The van der Waals surface area contributed by atoms with Crippen LogP contribution in [0.15, 0.2) is 22.7 Å².